The Kier molecular flexibility index (Phi) is 19.1. The Balaban J connectivity index is 0.000000386. The highest BCUT2D eigenvalue weighted by Crippen LogP contribution is 2.23. The van der Waals surface area contributed by atoms with E-state index in [1.165, 1.54) is 12.1 Å². The molecule has 1 atom stereocenters. The van der Waals surface area contributed by atoms with Gasteiger partial charge in [-0.05, 0) is 73.9 Å². The van der Waals surface area contributed by atoms with Crippen LogP contribution in [-0.4, -0.2) is 72.1 Å². The first kappa shape index (κ1) is 39.1. The molecule has 5 N–H and O–H groups in total. The second kappa shape index (κ2) is 22.5. The van der Waals surface area contributed by atoms with Gasteiger partial charge in [0.15, 0.2) is 0 Å². The molecule has 1 saturated heterocycles. The third-order valence-electron chi connectivity index (χ3n) is 6.23. The number of ether oxygens (including phenoxy) is 2. The van der Waals surface area contributed by atoms with E-state index in [0.717, 1.165) is 55.8 Å². The highest BCUT2D eigenvalue weighted by Gasteiger charge is 2.24. The lowest BCUT2D eigenvalue weighted by Crippen LogP contribution is -2.34. The first-order chi connectivity index (χ1) is 22.2. The molecule has 2 aromatic carbocycles. The first-order valence-corrected chi connectivity index (χ1v) is 14.0. The molecule has 250 valence electrons. The first-order valence-electron chi connectivity index (χ1n) is 14.0. The number of fused-ring (bicyclic) bond motifs is 1. The molecule has 0 spiro atoms. The van der Waals surface area contributed by atoms with Crippen molar-refractivity contribution in [1.29, 1.82) is 0 Å². The second-order valence-corrected chi connectivity index (χ2v) is 9.34. The number of halogens is 3. The van der Waals surface area contributed by atoms with Gasteiger partial charge in [0.05, 0.1) is 13.0 Å². The van der Waals surface area contributed by atoms with Crippen molar-refractivity contribution in [3.63, 3.8) is 0 Å². The Labute approximate surface area is 265 Å². The van der Waals surface area contributed by atoms with Gasteiger partial charge in [-0.2, -0.15) is 8.78 Å². The summed E-state index contributed by atoms with van der Waals surface area (Å²) in [6, 6.07) is 17.6. The minimum absolute atomic E-state index is 0.183. The van der Waals surface area contributed by atoms with Crippen LogP contribution in [0.4, 0.5) is 13.2 Å². The fourth-order valence-electron chi connectivity index (χ4n) is 4.17. The van der Waals surface area contributed by atoms with Gasteiger partial charge in [0.25, 0.3) is 0 Å². The fraction of sp³-hybridized carbons (Fsp3) is 0.312. The maximum atomic E-state index is 12.9. The molecule has 3 amide bonds. The van der Waals surface area contributed by atoms with E-state index in [9.17, 15) is 22.8 Å². The van der Waals surface area contributed by atoms with Gasteiger partial charge < -0.3 is 35.5 Å². The number of nitrogens with two attached hydrogens (primary N) is 1. The van der Waals surface area contributed by atoms with E-state index in [1.54, 1.807) is 24.5 Å². The number of pyridine rings is 1. The number of nitrogens with one attached hydrogen (secondary N) is 2. The number of aromatic amines is 1. The van der Waals surface area contributed by atoms with Crippen LogP contribution in [-0.2, 0) is 32.1 Å². The van der Waals surface area contributed by atoms with Gasteiger partial charge >= 0.3 is 6.61 Å². The van der Waals surface area contributed by atoms with Crippen LogP contribution in [0, 0.1) is 5.82 Å². The molecule has 11 nitrogen and oxygen atoms in total. The minimum Gasteiger partial charge on any atom is -0.457 e. The lowest BCUT2D eigenvalue weighted by Gasteiger charge is -2.21. The zero-order valence-electron chi connectivity index (χ0n) is 25.9. The number of hydrogen-bond acceptors (Lipinski definition) is 7. The largest absolute Gasteiger partial charge is 0.457 e. The zero-order valence-corrected chi connectivity index (χ0v) is 25.9. The maximum absolute atomic E-state index is 12.9. The van der Waals surface area contributed by atoms with Gasteiger partial charge in [0.2, 0.25) is 18.7 Å². The Bertz CT molecular complexity index is 1390. The summed E-state index contributed by atoms with van der Waals surface area (Å²) >= 11 is 0. The number of alkyl halides is 2. The molecule has 14 heteroatoms. The summed E-state index contributed by atoms with van der Waals surface area (Å²) in [5.74, 6) is 1.15. The number of aliphatic hydroxyl groups excluding tert-OH is 1. The topological polar surface area (TPSA) is 160 Å². The van der Waals surface area contributed by atoms with Gasteiger partial charge in [-0.3, -0.25) is 19.4 Å². The van der Waals surface area contributed by atoms with Gasteiger partial charge in [-0.1, -0.05) is 12.1 Å². The Hall–Kier alpha value is -4.95. The fourth-order valence-corrected chi connectivity index (χ4v) is 4.17. The molecule has 46 heavy (non-hydrogen) atoms. The number of H-pyrrole nitrogens is 1. The molecule has 1 aliphatic heterocycles. The van der Waals surface area contributed by atoms with E-state index in [0.29, 0.717) is 36.9 Å². The molecule has 2 aromatic heterocycles. The number of primary amides is 1. The molecule has 3 heterocycles. The van der Waals surface area contributed by atoms with E-state index in [4.69, 9.17) is 14.6 Å². The van der Waals surface area contributed by atoms with Gasteiger partial charge in [-0.25, -0.2) is 4.39 Å². The Morgan fingerprint density at radius 2 is 1.72 bits per heavy atom. The molecule has 0 aliphatic carbocycles. The normalized spacial score (nSPS) is 13.0. The molecular weight excluding hydrogens is 607 g/mol. The molecule has 0 radical (unpaired) electrons. The predicted molar refractivity (Wildman–Crippen MR) is 167 cm³/mol. The van der Waals surface area contributed by atoms with Crippen LogP contribution in [0.25, 0.3) is 10.9 Å². The van der Waals surface area contributed by atoms with Crippen molar-refractivity contribution in [3.05, 3.63) is 90.1 Å². The lowest BCUT2D eigenvalue weighted by molar-refractivity contribution is -0.131. The summed E-state index contributed by atoms with van der Waals surface area (Å²) < 4.78 is 43.0. The smallest absolute Gasteiger partial charge is 0.345 e. The third-order valence-corrected chi connectivity index (χ3v) is 6.23. The molecule has 1 aliphatic rings. The van der Waals surface area contributed by atoms with E-state index in [-0.39, 0.29) is 18.1 Å². The average Bonchev–Trinajstić information content (AvgIpc) is 3.69. The van der Waals surface area contributed by atoms with E-state index in [2.05, 4.69) is 32.7 Å². The van der Waals surface area contributed by atoms with Gasteiger partial charge in [-0.15, -0.1) is 0 Å². The molecule has 1 unspecified atom stereocenters. The summed E-state index contributed by atoms with van der Waals surface area (Å²) in [6.07, 6.45) is 7.06. The van der Waals surface area contributed by atoms with E-state index >= 15 is 0 Å². The number of rotatable bonds is 8. The number of aromatic nitrogens is 2. The molecule has 5 rings (SSSR count). The Morgan fingerprint density at radius 3 is 2.22 bits per heavy atom. The van der Waals surface area contributed by atoms with E-state index in [1.807, 2.05) is 41.3 Å². The number of hydrogen-bond donors (Lipinski definition) is 4. The summed E-state index contributed by atoms with van der Waals surface area (Å²) in [6.45, 7) is 0.879. The summed E-state index contributed by atoms with van der Waals surface area (Å²) in [7, 11) is 1.95. The van der Waals surface area contributed by atoms with Crippen LogP contribution in [0.3, 0.4) is 0 Å². The predicted octanol–water partition coefficient (Wildman–Crippen LogP) is 4.55. The molecule has 1 fully saturated rings. The lowest BCUT2D eigenvalue weighted by atomic mass is 10.1. The maximum Gasteiger partial charge on any atom is 0.345 e. The van der Waals surface area contributed by atoms with Crippen molar-refractivity contribution in [1.82, 2.24) is 20.2 Å². The van der Waals surface area contributed by atoms with Crippen LogP contribution in [0.1, 0.15) is 31.0 Å². The Morgan fingerprint density at radius 1 is 1.13 bits per heavy atom. The van der Waals surface area contributed by atoms with Crippen LogP contribution in [0.5, 0.6) is 11.5 Å². The summed E-state index contributed by atoms with van der Waals surface area (Å²) in [5.41, 5.74) is 7.16. The summed E-state index contributed by atoms with van der Waals surface area (Å²) in [4.78, 5) is 40.1. The van der Waals surface area contributed by atoms with Crippen LogP contribution < -0.4 is 15.8 Å². The van der Waals surface area contributed by atoms with Crippen LogP contribution >= 0.6 is 0 Å². The number of carbonyl (C=O) groups excluding carboxylic acids is 3. The minimum atomic E-state index is -2.62. The number of amides is 3. The second-order valence-electron chi connectivity index (χ2n) is 9.34. The standard InChI is InChI=1S/C19H20FNO2.C9H9N3O.C2H4F2O.CH3NO.CH4O/c1-14-3-2-12-21(14)19(22)13-15-4-8-17(9-5-15)23-18-10-6-16(20)7-11-18;13-6-11-5-8-3-7-4-10-2-1-9(7)12-8;1-5-2(3)4;2-1-3;1-2/h4-11,14H,2-3,12-13H2,1H3;1-4,6,12H,5H2,(H,11,13);2H,1H3;1H,(H2,2,3);2H,1H3. The number of aliphatic hydroxyl groups is 1. The van der Waals surface area contributed by atoms with Crippen molar-refractivity contribution in [2.45, 2.75) is 45.4 Å². The quantitative estimate of drug-likeness (QED) is 0.204. The van der Waals surface area contributed by atoms with Crippen molar-refractivity contribution in [3.8, 4) is 11.5 Å². The van der Waals surface area contributed by atoms with Crippen molar-refractivity contribution < 1.29 is 42.1 Å². The number of likely N-dealkylation sites (tertiary alicyclic amines) is 1. The van der Waals surface area contributed by atoms with E-state index < -0.39 is 6.61 Å². The average molecular weight is 648 g/mol. The van der Waals surface area contributed by atoms with Crippen LogP contribution in [0.15, 0.2) is 73.1 Å². The van der Waals surface area contributed by atoms with Gasteiger partial charge in [0.1, 0.15) is 17.3 Å². The summed E-state index contributed by atoms with van der Waals surface area (Å²) in [5, 5.41) is 10.7. The monoisotopic (exact) mass is 647 g/mol. The number of carbonyl (C=O) groups is 3. The van der Waals surface area contributed by atoms with Crippen molar-refractivity contribution >= 4 is 29.6 Å². The number of benzene rings is 2. The zero-order chi connectivity index (χ0) is 34.3. The molecular formula is C32H40F3N5O6. The number of methoxy groups -OCH3 is 1. The van der Waals surface area contributed by atoms with Crippen molar-refractivity contribution in [2.24, 2.45) is 5.73 Å². The highest BCUT2D eigenvalue weighted by molar-refractivity contribution is 5.79. The SMILES string of the molecule is CC1CCCN1C(=O)Cc1ccc(Oc2ccc(F)cc2)cc1.CO.COC(F)F.NC=O.O=CNCc1cc2cnccc2[nH]1. The van der Waals surface area contributed by atoms with Crippen LogP contribution in [0.2, 0.25) is 0 Å². The van der Waals surface area contributed by atoms with Crippen molar-refractivity contribution in [2.75, 3.05) is 20.8 Å². The third kappa shape index (κ3) is 14.7. The van der Waals surface area contributed by atoms with Gasteiger partial charge in [0, 0.05) is 55.8 Å². The molecule has 0 saturated carbocycles. The molecule has 0 bridgehead atoms. The highest BCUT2D eigenvalue weighted by atomic mass is 19.3. The number of nitrogens with zero attached hydrogens (tertiary/aromatic N) is 2. The molecule has 4 aromatic rings.